The summed E-state index contributed by atoms with van der Waals surface area (Å²) in [7, 11) is 0. The van der Waals surface area contributed by atoms with E-state index in [1.165, 1.54) is 0 Å². The molecule has 0 fully saturated rings. The smallest absolute Gasteiger partial charge is 0.224 e. The Morgan fingerprint density at radius 2 is 2.31 bits per heavy atom. The Morgan fingerprint density at radius 3 is 3.06 bits per heavy atom. The zero-order valence-electron chi connectivity index (χ0n) is 9.49. The van der Waals surface area contributed by atoms with Crippen molar-refractivity contribution in [2.24, 2.45) is 5.92 Å². The van der Waals surface area contributed by atoms with Gasteiger partial charge in [0.2, 0.25) is 5.95 Å². The van der Waals surface area contributed by atoms with Crippen molar-refractivity contribution in [3.05, 3.63) is 6.20 Å². The van der Waals surface area contributed by atoms with Crippen LogP contribution in [-0.4, -0.2) is 26.7 Å². The fourth-order valence-electron chi connectivity index (χ4n) is 1.40. The maximum atomic E-state index is 5.61. The maximum absolute atomic E-state index is 5.61. The number of hydrogen-bond donors (Lipinski definition) is 3. The Balaban J connectivity index is 2.25. The largest absolute Gasteiger partial charge is 0.369 e. The monoisotopic (exact) mass is 220 g/mol. The molecule has 0 amide bonds. The topological polar surface area (TPSA) is 92.5 Å². The second kappa shape index (κ2) is 4.34. The van der Waals surface area contributed by atoms with E-state index < -0.39 is 0 Å². The van der Waals surface area contributed by atoms with Crippen molar-refractivity contribution in [2.45, 2.75) is 20.3 Å². The molecule has 0 radical (unpaired) electrons. The van der Waals surface area contributed by atoms with Crippen LogP contribution in [0.1, 0.15) is 20.3 Å². The highest BCUT2D eigenvalue weighted by atomic mass is 15.2. The number of hydrogen-bond acceptors (Lipinski definition) is 5. The van der Waals surface area contributed by atoms with Gasteiger partial charge in [-0.1, -0.05) is 20.3 Å². The van der Waals surface area contributed by atoms with Crippen LogP contribution in [0.3, 0.4) is 0 Å². The van der Waals surface area contributed by atoms with Crippen molar-refractivity contribution in [1.82, 2.24) is 20.2 Å². The lowest BCUT2D eigenvalue weighted by atomic mass is 10.1. The van der Waals surface area contributed by atoms with Gasteiger partial charge in [-0.3, -0.25) is 5.10 Å². The van der Waals surface area contributed by atoms with Crippen LogP contribution < -0.4 is 11.1 Å². The number of nitrogen functional groups attached to an aromatic ring is 1. The molecule has 0 bridgehead atoms. The molecule has 0 saturated heterocycles. The molecule has 2 aromatic rings. The zero-order chi connectivity index (χ0) is 11.5. The summed E-state index contributed by atoms with van der Waals surface area (Å²) in [5.74, 6) is 1.60. The number of aromatic amines is 1. The second-order valence-electron chi connectivity index (χ2n) is 3.96. The molecular weight excluding hydrogens is 204 g/mol. The Bertz CT molecular complexity index is 477. The van der Waals surface area contributed by atoms with Crippen molar-refractivity contribution in [3.63, 3.8) is 0 Å². The number of nitrogens with two attached hydrogens (primary N) is 1. The van der Waals surface area contributed by atoms with Gasteiger partial charge >= 0.3 is 0 Å². The molecule has 2 aromatic heterocycles. The molecule has 16 heavy (non-hydrogen) atoms. The molecule has 0 saturated carbocycles. The van der Waals surface area contributed by atoms with Crippen LogP contribution in [-0.2, 0) is 0 Å². The molecule has 1 atom stereocenters. The fourth-order valence-corrected chi connectivity index (χ4v) is 1.40. The van der Waals surface area contributed by atoms with E-state index in [-0.39, 0.29) is 5.95 Å². The first-order chi connectivity index (χ1) is 7.70. The van der Waals surface area contributed by atoms with Gasteiger partial charge in [0, 0.05) is 6.54 Å². The van der Waals surface area contributed by atoms with E-state index in [0.717, 1.165) is 24.2 Å². The van der Waals surface area contributed by atoms with Gasteiger partial charge in [-0.05, 0) is 5.92 Å². The first-order valence-corrected chi connectivity index (χ1v) is 5.41. The second-order valence-corrected chi connectivity index (χ2v) is 3.96. The van der Waals surface area contributed by atoms with E-state index in [1.807, 2.05) is 0 Å². The predicted molar refractivity (Wildman–Crippen MR) is 64.0 cm³/mol. The summed E-state index contributed by atoms with van der Waals surface area (Å²) < 4.78 is 0. The zero-order valence-corrected chi connectivity index (χ0v) is 9.49. The third-order valence-electron chi connectivity index (χ3n) is 2.64. The van der Waals surface area contributed by atoms with Crippen molar-refractivity contribution in [2.75, 3.05) is 17.6 Å². The van der Waals surface area contributed by atoms with Crippen LogP contribution in [0.25, 0.3) is 11.0 Å². The summed E-state index contributed by atoms with van der Waals surface area (Å²) in [5.41, 5.74) is 6.28. The summed E-state index contributed by atoms with van der Waals surface area (Å²) >= 11 is 0. The van der Waals surface area contributed by atoms with Gasteiger partial charge in [0.25, 0.3) is 0 Å². The van der Waals surface area contributed by atoms with Gasteiger partial charge < -0.3 is 11.1 Å². The SMILES string of the molecule is CCC(C)CNc1nc(N)nc2[nH]ncc12. The fraction of sp³-hybridized carbons (Fsp3) is 0.500. The number of nitrogens with one attached hydrogen (secondary N) is 2. The van der Waals surface area contributed by atoms with Crippen molar-refractivity contribution in [3.8, 4) is 0 Å². The summed E-state index contributed by atoms with van der Waals surface area (Å²) in [6, 6.07) is 0. The minimum atomic E-state index is 0.253. The van der Waals surface area contributed by atoms with E-state index in [0.29, 0.717) is 11.6 Å². The minimum absolute atomic E-state index is 0.253. The number of aromatic nitrogens is 4. The minimum Gasteiger partial charge on any atom is -0.369 e. The average molecular weight is 220 g/mol. The Hall–Kier alpha value is -1.85. The molecule has 2 heterocycles. The van der Waals surface area contributed by atoms with Gasteiger partial charge in [0.15, 0.2) is 5.65 Å². The molecule has 0 spiro atoms. The van der Waals surface area contributed by atoms with E-state index in [1.54, 1.807) is 6.20 Å². The Morgan fingerprint density at radius 1 is 1.50 bits per heavy atom. The number of H-pyrrole nitrogens is 1. The van der Waals surface area contributed by atoms with Crippen LogP contribution >= 0.6 is 0 Å². The highest BCUT2D eigenvalue weighted by molar-refractivity contribution is 5.86. The third kappa shape index (κ3) is 2.05. The lowest BCUT2D eigenvalue weighted by Crippen LogP contribution is -2.12. The summed E-state index contributed by atoms with van der Waals surface area (Å²) in [6.07, 6.45) is 2.83. The Labute approximate surface area is 93.7 Å². The van der Waals surface area contributed by atoms with E-state index >= 15 is 0 Å². The highest BCUT2D eigenvalue weighted by Crippen LogP contribution is 2.19. The van der Waals surface area contributed by atoms with Crippen LogP contribution in [0.2, 0.25) is 0 Å². The summed E-state index contributed by atoms with van der Waals surface area (Å²) in [5, 5.41) is 10.9. The molecular formula is C10H16N6. The van der Waals surface area contributed by atoms with Gasteiger partial charge in [0.05, 0.1) is 11.6 Å². The average Bonchev–Trinajstić information content (AvgIpc) is 2.73. The lowest BCUT2D eigenvalue weighted by molar-refractivity contribution is 0.593. The lowest BCUT2D eigenvalue weighted by Gasteiger charge is -2.11. The van der Waals surface area contributed by atoms with E-state index in [9.17, 15) is 0 Å². The van der Waals surface area contributed by atoms with Crippen LogP contribution in [0.15, 0.2) is 6.20 Å². The molecule has 1 unspecified atom stereocenters. The molecule has 86 valence electrons. The van der Waals surface area contributed by atoms with Gasteiger partial charge in [-0.15, -0.1) is 0 Å². The first-order valence-electron chi connectivity index (χ1n) is 5.41. The molecule has 0 aromatic carbocycles. The normalized spacial score (nSPS) is 12.9. The van der Waals surface area contributed by atoms with Crippen LogP contribution in [0.5, 0.6) is 0 Å². The molecule has 0 aliphatic rings. The predicted octanol–water partition coefficient (Wildman–Crippen LogP) is 1.39. The first kappa shape index (κ1) is 10.7. The van der Waals surface area contributed by atoms with E-state index in [2.05, 4.69) is 39.3 Å². The summed E-state index contributed by atoms with van der Waals surface area (Å²) in [4.78, 5) is 8.23. The van der Waals surface area contributed by atoms with Crippen LogP contribution in [0.4, 0.5) is 11.8 Å². The van der Waals surface area contributed by atoms with Gasteiger partial charge in [-0.2, -0.15) is 15.1 Å². The Kier molecular flexibility index (Phi) is 2.89. The highest BCUT2D eigenvalue weighted by Gasteiger charge is 2.08. The number of rotatable bonds is 4. The van der Waals surface area contributed by atoms with Gasteiger partial charge in [-0.25, -0.2) is 0 Å². The molecule has 6 heteroatoms. The quantitative estimate of drug-likeness (QED) is 0.724. The van der Waals surface area contributed by atoms with Gasteiger partial charge in [0.1, 0.15) is 5.82 Å². The third-order valence-corrected chi connectivity index (χ3v) is 2.64. The van der Waals surface area contributed by atoms with Crippen molar-refractivity contribution in [1.29, 1.82) is 0 Å². The molecule has 0 aliphatic heterocycles. The maximum Gasteiger partial charge on any atom is 0.224 e. The number of anilines is 2. The standard InChI is InChI=1S/C10H16N6/c1-3-6(2)4-12-8-7-5-13-16-9(7)15-10(11)14-8/h5-6H,3-4H2,1-2H3,(H4,11,12,13,14,15,16). The van der Waals surface area contributed by atoms with E-state index in [4.69, 9.17) is 5.73 Å². The molecule has 0 aliphatic carbocycles. The molecule has 6 nitrogen and oxygen atoms in total. The number of fused-ring (bicyclic) bond motifs is 1. The van der Waals surface area contributed by atoms with Crippen molar-refractivity contribution < 1.29 is 0 Å². The summed E-state index contributed by atoms with van der Waals surface area (Å²) in [6.45, 7) is 5.21. The van der Waals surface area contributed by atoms with Crippen molar-refractivity contribution >= 4 is 22.8 Å². The van der Waals surface area contributed by atoms with Crippen LogP contribution in [0, 0.1) is 5.92 Å². The molecule has 2 rings (SSSR count). The molecule has 4 N–H and O–H groups in total. The number of nitrogens with zero attached hydrogens (tertiary/aromatic N) is 3.